The molecule has 0 aromatic heterocycles. The van der Waals surface area contributed by atoms with Crippen LogP contribution in [0.4, 0.5) is 11.4 Å². The van der Waals surface area contributed by atoms with Crippen molar-refractivity contribution in [3.05, 3.63) is 76.8 Å². The Morgan fingerprint density at radius 1 is 1.06 bits per heavy atom. The summed E-state index contributed by atoms with van der Waals surface area (Å²) in [5, 5.41) is 3.45. The molecule has 0 fully saturated rings. The molecule has 0 atom stereocenters. The Morgan fingerprint density at radius 3 is 2.50 bits per heavy atom. The number of rotatable bonds is 6. The van der Waals surface area contributed by atoms with Crippen LogP contribution in [0.1, 0.15) is 15.9 Å². The lowest BCUT2D eigenvalue weighted by Gasteiger charge is -2.30. The van der Waals surface area contributed by atoms with Crippen LogP contribution in [0.3, 0.4) is 0 Å². The number of nitrogens with one attached hydrogen (secondary N) is 1. The number of benzene rings is 3. The second-order valence-corrected chi connectivity index (χ2v) is 7.57. The molecule has 0 aliphatic carbocycles. The average Bonchev–Trinajstić information content (AvgIpc) is 2.80. The molecule has 0 radical (unpaired) electrons. The summed E-state index contributed by atoms with van der Waals surface area (Å²) >= 11 is 6.09. The highest BCUT2D eigenvalue weighted by molar-refractivity contribution is 6.30. The fourth-order valence-electron chi connectivity index (χ4n) is 3.41. The average molecular weight is 453 g/mol. The molecule has 32 heavy (non-hydrogen) atoms. The number of nitrogens with zero attached hydrogens (tertiary/aromatic N) is 1. The quantitative estimate of drug-likeness (QED) is 0.594. The highest BCUT2D eigenvalue weighted by Crippen LogP contribution is 2.36. The van der Waals surface area contributed by atoms with E-state index in [1.165, 1.54) is 14.2 Å². The van der Waals surface area contributed by atoms with Gasteiger partial charge in [-0.3, -0.25) is 9.59 Å². The first-order chi connectivity index (χ1) is 15.5. The highest BCUT2D eigenvalue weighted by atomic mass is 35.5. The minimum absolute atomic E-state index is 0.0527. The highest BCUT2D eigenvalue weighted by Gasteiger charge is 2.26. The first kappa shape index (κ1) is 21.5. The molecule has 8 heteroatoms. The van der Waals surface area contributed by atoms with Crippen LogP contribution in [0.15, 0.2) is 60.7 Å². The number of ether oxygens (including phenoxy) is 3. The number of methoxy groups -OCH3 is 2. The van der Waals surface area contributed by atoms with Crippen molar-refractivity contribution in [2.45, 2.75) is 6.54 Å². The molecule has 0 saturated carbocycles. The fraction of sp³-hybridized carbons (Fsp3) is 0.167. The fourth-order valence-corrected chi connectivity index (χ4v) is 3.63. The summed E-state index contributed by atoms with van der Waals surface area (Å²) in [4.78, 5) is 27.1. The van der Waals surface area contributed by atoms with Crippen molar-refractivity contribution in [3.63, 3.8) is 0 Å². The molecule has 4 rings (SSSR count). The lowest BCUT2D eigenvalue weighted by molar-refractivity contribution is -0.121. The summed E-state index contributed by atoms with van der Waals surface area (Å²) in [5.74, 6) is 1.05. The molecule has 7 nitrogen and oxygen atoms in total. The van der Waals surface area contributed by atoms with Crippen molar-refractivity contribution in [1.29, 1.82) is 0 Å². The molecule has 0 unspecified atom stereocenters. The van der Waals surface area contributed by atoms with Crippen molar-refractivity contribution in [1.82, 2.24) is 0 Å². The number of amides is 2. The second kappa shape index (κ2) is 9.20. The van der Waals surface area contributed by atoms with Gasteiger partial charge < -0.3 is 24.4 Å². The maximum atomic E-state index is 12.8. The van der Waals surface area contributed by atoms with Crippen molar-refractivity contribution in [3.8, 4) is 17.2 Å². The summed E-state index contributed by atoms with van der Waals surface area (Å²) in [6, 6.07) is 17.4. The Kier molecular flexibility index (Phi) is 6.18. The van der Waals surface area contributed by atoms with E-state index in [0.29, 0.717) is 45.8 Å². The number of hydrogen-bond donors (Lipinski definition) is 1. The topological polar surface area (TPSA) is 77.1 Å². The predicted molar refractivity (Wildman–Crippen MR) is 122 cm³/mol. The SMILES string of the molecule is COc1cc(OC)cc(C(=O)Nc2ccc3c(c2)N(Cc2cccc(Cl)c2)C(=O)CO3)c1. The first-order valence-electron chi connectivity index (χ1n) is 9.83. The van der Waals surface area contributed by atoms with E-state index in [9.17, 15) is 9.59 Å². The normalized spacial score (nSPS) is 12.6. The Labute approximate surface area is 190 Å². The summed E-state index contributed by atoms with van der Waals surface area (Å²) < 4.78 is 16.0. The molecule has 1 heterocycles. The summed E-state index contributed by atoms with van der Waals surface area (Å²) in [6.45, 7) is 0.281. The van der Waals surface area contributed by atoms with Crippen molar-refractivity contribution in [2.24, 2.45) is 0 Å². The van der Waals surface area contributed by atoms with Gasteiger partial charge >= 0.3 is 0 Å². The molecular formula is C24H21ClN2O5. The van der Waals surface area contributed by atoms with E-state index in [2.05, 4.69) is 5.32 Å². The van der Waals surface area contributed by atoms with E-state index in [0.717, 1.165) is 5.56 Å². The third-order valence-electron chi connectivity index (χ3n) is 5.00. The van der Waals surface area contributed by atoms with Crippen LogP contribution in [0, 0.1) is 0 Å². The zero-order chi connectivity index (χ0) is 22.7. The molecule has 0 bridgehead atoms. The monoisotopic (exact) mass is 452 g/mol. The van der Waals surface area contributed by atoms with Crippen LogP contribution in [-0.4, -0.2) is 32.6 Å². The maximum Gasteiger partial charge on any atom is 0.265 e. The van der Waals surface area contributed by atoms with Crippen molar-refractivity contribution >= 4 is 34.8 Å². The van der Waals surface area contributed by atoms with Crippen LogP contribution in [-0.2, 0) is 11.3 Å². The largest absolute Gasteiger partial charge is 0.497 e. The molecule has 0 saturated heterocycles. The Bertz CT molecular complexity index is 1160. The Balaban J connectivity index is 1.60. The number of carbonyl (C=O) groups excluding carboxylic acids is 2. The third-order valence-corrected chi connectivity index (χ3v) is 5.24. The van der Waals surface area contributed by atoms with E-state index in [1.807, 2.05) is 18.2 Å². The van der Waals surface area contributed by atoms with Gasteiger partial charge in [0.2, 0.25) is 0 Å². The molecule has 164 valence electrons. The number of fused-ring (bicyclic) bond motifs is 1. The molecule has 0 spiro atoms. The number of hydrogen-bond acceptors (Lipinski definition) is 5. The maximum absolute atomic E-state index is 12.8. The van der Waals surface area contributed by atoms with Crippen molar-refractivity contribution in [2.75, 3.05) is 31.0 Å². The second-order valence-electron chi connectivity index (χ2n) is 7.14. The molecule has 1 N–H and O–H groups in total. The van der Waals surface area contributed by atoms with Crippen LogP contribution in [0.2, 0.25) is 5.02 Å². The molecule has 1 aliphatic heterocycles. The zero-order valence-electron chi connectivity index (χ0n) is 17.6. The zero-order valence-corrected chi connectivity index (χ0v) is 18.3. The smallest absolute Gasteiger partial charge is 0.265 e. The minimum atomic E-state index is -0.341. The van der Waals surface area contributed by atoms with Crippen LogP contribution < -0.4 is 24.4 Å². The van der Waals surface area contributed by atoms with Crippen LogP contribution in [0.25, 0.3) is 0 Å². The van der Waals surface area contributed by atoms with Gasteiger partial charge in [-0.05, 0) is 48.0 Å². The summed E-state index contributed by atoms with van der Waals surface area (Å²) in [5.41, 5.74) is 2.35. The van der Waals surface area contributed by atoms with Gasteiger partial charge in [0.1, 0.15) is 17.2 Å². The standard InChI is InChI=1S/C24H21ClN2O5/c1-30-19-9-16(10-20(12-19)31-2)24(29)26-18-6-7-22-21(11-18)27(23(28)14-32-22)13-15-4-3-5-17(25)8-15/h3-12H,13-14H2,1-2H3,(H,26,29). The first-order valence-corrected chi connectivity index (χ1v) is 10.2. The van der Waals surface area contributed by atoms with Crippen LogP contribution in [0.5, 0.6) is 17.2 Å². The Hall–Kier alpha value is -3.71. The summed E-state index contributed by atoms with van der Waals surface area (Å²) in [7, 11) is 3.04. The van der Waals surface area contributed by atoms with Gasteiger partial charge in [-0.2, -0.15) is 0 Å². The minimum Gasteiger partial charge on any atom is -0.497 e. The van der Waals surface area contributed by atoms with Gasteiger partial charge in [0, 0.05) is 22.3 Å². The lowest BCUT2D eigenvalue weighted by atomic mass is 10.1. The third kappa shape index (κ3) is 4.63. The van der Waals surface area contributed by atoms with E-state index in [1.54, 1.807) is 47.4 Å². The van der Waals surface area contributed by atoms with E-state index >= 15 is 0 Å². The number of carbonyl (C=O) groups is 2. The van der Waals surface area contributed by atoms with Gasteiger partial charge in [0.15, 0.2) is 6.61 Å². The molecule has 1 aliphatic rings. The van der Waals surface area contributed by atoms with E-state index in [-0.39, 0.29) is 18.4 Å². The number of halogens is 1. The van der Waals surface area contributed by atoms with Gasteiger partial charge in [0.05, 0.1) is 26.5 Å². The Morgan fingerprint density at radius 2 is 1.81 bits per heavy atom. The van der Waals surface area contributed by atoms with E-state index in [4.69, 9.17) is 25.8 Å². The summed E-state index contributed by atoms with van der Waals surface area (Å²) in [6.07, 6.45) is 0. The van der Waals surface area contributed by atoms with Crippen LogP contribution >= 0.6 is 11.6 Å². The number of anilines is 2. The van der Waals surface area contributed by atoms with Gasteiger partial charge in [0.25, 0.3) is 11.8 Å². The molecule has 2 amide bonds. The predicted octanol–water partition coefficient (Wildman–Crippen LogP) is 4.54. The van der Waals surface area contributed by atoms with E-state index < -0.39 is 0 Å². The lowest BCUT2D eigenvalue weighted by Crippen LogP contribution is -2.38. The van der Waals surface area contributed by atoms with Gasteiger partial charge in [-0.1, -0.05) is 23.7 Å². The molecule has 3 aromatic rings. The van der Waals surface area contributed by atoms with Crippen molar-refractivity contribution < 1.29 is 23.8 Å². The molecule has 3 aromatic carbocycles. The molecular weight excluding hydrogens is 432 g/mol. The van der Waals surface area contributed by atoms with Gasteiger partial charge in [-0.15, -0.1) is 0 Å². The van der Waals surface area contributed by atoms with Gasteiger partial charge in [-0.25, -0.2) is 0 Å².